The van der Waals surface area contributed by atoms with E-state index in [1.807, 2.05) is 0 Å². The number of carbonyl (C=O) groups excluding carboxylic acids is 3. The SMILES string of the molecule is Cc1cc(F)c(F)c(OCC(=O)[C@H](CC(=O)O)NC(=O)C2CCN(C(=O)O[C@@H]3C[C@H]4CC[C@@H]3C4)CC2)c1F. The monoisotopic (exact) mass is 540 g/mol. The number of hydrogen-bond donors (Lipinski definition) is 2. The summed E-state index contributed by atoms with van der Waals surface area (Å²) in [5.41, 5.74) is -0.243. The number of likely N-dealkylation sites (tertiary alicyclic amines) is 1. The Morgan fingerprint density at radius 1 is 1.08 bits per heavy atom. The van der Waals surface area contributed by atoms with Gasteiger partial charge in [0.2, 0.25) is 11.7 Å². The van der Waals surface area contributed by atoms with Gasteiger partial charge in [0.05, 0.1) is 6.42 Å². The van der Waals surface area contributed by atoms with Gasteiger partial charge in [-0.1, -0.05) is 0 Å². The highest BCUT2D eigenvalue weighted by Crippen LogP contribution is 2.46. The average Bonchev–Trinajstić information content (AvgIpc) is 3.50. The molecule has 4 atom stereocenters. The van der Waals surface area contributed by atoms with Crippen LogP contribution in [0.1, 0.15) is 50.5 Å². The summed E-state index contributed by atoms with van der Waals surface area (Å²) < 4.78 is 52.2. The number of amides is 2. The van der Waals surface area contributed by atoms with Crippen LogP contribution in [0, 0.1) is 42.1 Å². The molecule has 2 N–H and O–H groups in total. The fraction of sp³-hybridized carbons (Fsp3) is 0.615. The molecule has 0 radical (unpaired) electrons. The van der Waals surface area contributed by atoms with Crippen molar-refractivity contribution in [3.05, 3.63) is 29.1 Å². The van der Waals surface area contributed by atoms with Crippen molar-refractivity contribution in [1.82, 2.24) is 10.2 Å². The normalized spacial score (nSPS) is 23.7. The fourth-order valence-electron chi connectivity index (χ4n) is 5.64. The molecule has 3 aliphatic rings. The lowest BCUT2D eigenvalue weighted by Crippen LogP contribution is -2.49. The minimum Gasteiger partial charge on any atom is -0.481 e. The van der Waals surface area contributed by atoms with Crippen molar-refractivity contribution in [2.75, 3.05) is 19.7 Å². The van der Waals surface area contributed by atoms with Crippen LogP contribution in [0.25, 0.3) is 0 Å². The summed E-state index contributed by atoms with van der Waals surface area (Å²) in [7, 11) is 0. The van der Waals surface area contributed by atoms with E-state index in [1.165, 1.54) is 13.3 Å². The van der Waals surface area contributed by atoms with Gasteiger partial charge in [0.15, 0.2) is 23.2 Å². The zero-order chi connectivity index (χ0) is 27.6. The molecular weight excluding hydrogens is 509 g/mol. The van der Waals surface area contributed by atoms with E-state index in [0.717, 1.165) is 19.3 Å². The maximum absolute atomic E-state index is 14.2. The minimum absolute atomic E-state index is 0.0504. The molecule has 2 aliphatic carbocycles. The number of ketones is 1. The molecule has 4 rings (SSSR count). The summed E-state index contributed by atoms with van der Waals surface area (Å²) >= 11 is 0. The fourth-order valence-corrected chi connectivity index (χ4v) is 5.64. The van der Waals surface area contributed by atoms with Gasteiger partial charge < -0.3 is 24.8 Å². The number of rotatable bonds is 9. The molecular formula is C26H31F3N2O7. The van der Waals surface area contributed by atoms with Crippen LogP contribution >= 0.6 is 0 Å². The maximum Gasteiger partial charge on any atom is 0.410 e. The number of piperidine rings is 1. The standard InChI is InChI=1S/C26H31F3N2O7/c1-13-8-17(27)23(29)24(22(13)28)37-12-19(32)18(11-21(33)34)30-25(35)15-4-6-31(7-5-15)26(36)38-20-10-14-2-3-16(20)9-14/h8,14-16,18,20H,2-7,9-12H2,1H3,(H,30,35)(H,33,34)/t14-,16+,18-,20+/m0/s1. The zero-order valence-corrected chi connectivity index (χ0v) is 21.0. The largest absolute Gasteiger partial charge is 0.481 e. The lowest BCUT2D eigenvalue weighted by atomic mass is 9.95. The summed E-state index contributed by atoms with van der Waals surface area (Å²) in [6, 6.07) is -0.891. The van der Waals surface area contributed by atoms with E-state index in [-0.39, 0.29) is 24.8 Å². The molecule has 9 nitrogen and oxygen atoms in total. The highest BCUT2D eigenvalue weighted by atomic mass is 19.2. The van der Waals surface area contributed by atoms with E-state index in [1.54, 1.807) is 4.90 Å². The maximum atomic E-state index is 14.2. The first-order chi connectivity index (χ1) is 18.0. The second-order valence-electron chi connectivity index (χ2n) is 10.4. The summed E-state index contributed by atoms with van der Waals surface area (Å²) in [6.45, 7) is 0.747. The smallest absolute Gasteiger partial charge is 0.410 e. The van der Waals surface area contributed by atoms with Crippen molar-refractivity contribution in [1.29, 1.82) is 0 Å². The predicted octanol–water partition coefficient (Wildman–Crippen LogP) is 3.36. The zero-order valence-electron chi connectivity index (χ0n) is 21.0. The second-order valence-corrected chi connectivity index (χ2v) is 10.4. The number of benzene rings is 1. The van der Waals surface area contributed by atoms with Gasteiger partial charge in [0, 0.05) is 19.0 Å². The van der Waals surface area contributed by atoms with E-state index in [0.29, 0.717) is 30.7 Å². The summed E-state index contributed by atoms with van der Waals surface area (Å²) in [5.74, 6) is -7.71. The molecule has 1 aliphatic heterocycles. The van der Waals surface area contributed by atoms with E-state index < -0.39 is 71.9 Å². The van der Waals surface area contributed by atoms with Crippen LogP contribution in [-0.2, 0) is 19.1 Å². The highest BCUT2D eigenvalue weighted by molar-refractivity contribution is 5.93. The summed E-state index contributed by atoms with van der Waals surface area (Å²) in [6.07, 6.45) is 3.63. The molecule has 2 bridgehead atoms. The molecule has 0 aromatic heterocycles. The first-order valence-electron chi connectivity index (χ1n) is 12.8. The van der Waals surface area contributed by atoms with Gasteiger partial charge >= 0.3 is 12.1 Å². The third-order valence-electron chi connectivity index (χ3n) is 7.79. The van der Waals surface area contributed by atoms with Crippen molar-refractivity contribution in [2.24, 2.45) is 17.8 Å². The molecule has 1 saturated heterocycles. The van der Waals surface area contributed by atoms with Crippen LogP contribution in [0.3, 0.4) is 0 Å². The van der Waals surface area contributed by atoms with Crippen molar-refractivity contribution < 1.29 is 46.9 Å². The number of nitrogens with zero attached hydrogens (tertiary/aromatic N) is 1. The first kappa shape index (κ1) is 27.7. The van der Waals surface area contributed by atoms with Crippen LogP contribution in [-0.4, -0.2) is 65.6 Å². The number of halogens is 3. The number of carboxylic acids is 1. The predicted molar refractivity (Wildman–Crippen MR) is 126 cm³/mol. The number of carboxylic acid groups (broad SMARTS) is 1. The van der Waals surface area contributed by atoms with Gasteiger partial charge in [-0.3, -0.25) is 14.4 Å². The van der Waals surface area contributed by atoms with Crippen molar-refractivity contribution >= 4 is 23.8 Å². The topological polar surface area (TPSA) is 122 Å². The Kier molecular flexibility index (Phi) is 8.47. The molecule has 12 heteroatoms. The van der Waals surface area contributed by atoms with Crippen LogP contribution in [0.5, 0.6) is 5.75 Å². The lowest BCUT2D eigenvalue weighted by molar-refractivity contribution is -0.141. The Morgan fingerprint density at radius 3 is 2.39 bits per heavy atom. The highest BCUT2D eigenvalue weighted by Gasteiger charge is 2.42. The Balaban J connectivity index is 1.29. The van der Waals surface area contributed by atoms with E-state index in [4.69, 9.17) is 9.47 Å². The number of nitrogens with one attached hydrogen (secondary N) is 1. The number of carbonyl (C=O) groups is 4. The Hall–Kier alpha value is -3.31. The third kappa shape index (κ3) is 6.21. The Bertz CT molecular complexity index is 1080. The van der Waals surface area contributed by atoms with Crippen LogP contribution in [0.15, 0.2) is 6.07 Å². The molecule has 208 valence electrons. The molecule has 1 aromatic rings. The quantitative estimate of drug-likeness (QED) is 0.461. The van der Waals surface area contributed by atoms with Crippen molar-refractivity contribution in [3.8, 4) is 5.75 Å². The molecule has 1 aromatic carbocycles. The second kappa shape index (κ2) is 11.6. The Labute approximate surface area is 217 Å². The number of aryl methyl sites for hydroxylation is 1. The van der Waals surface area contributed by atoms with Crippen LogP contribution < -0.4 is 10.1 Å². The van der Waals surface area contributed by atoms with E-state index in [9.17, 15) is 37.5 Å². The van der Waals surface area contributed by atoms with Gasteiger partial charge in [-0.15, -0.1) is 0 Å². The number of aliphatic carboxylic acids is 1. The average molecular weight is 541 g/mol. The van der Waals surface area contributed by atoms with Gasteiger partial charge in [-0.2, -0.15) is 4.39 Å². The number of fused-ring (bicyclic) bond motifs is 2. The number of ether oxygens (including phenoxy) is 2. The molecule has 2 amide bonds. The van der Waals surface area contributed by atoms with Gasteiger partial charge in [-0.25, -0.2) is 13.6 Å². The van der Waals surface area contributed by atoms with Crippen LogP contribution in [0.2, 0.25) is 0 Å². The molecule has 38 heavy (non-hydrogen) atoms. The molecule has 2 saturated carbocycles. The van der Waals surface area contributed by atoms with Crippen molar-refractivity contribution in [2.45, 2.75) is 64.0 Å². The van der Waals surface area contributed by atoms with E-state index >= 15 is 0 Å². The molecule has 3 fully saturated rings. The number of hydrogen-bond acceptors (Lipinski definition) is 6. The van der Waals surface area contributed by atoms with Crippen molar-refractivity contribution in [3.63, 3.8) is 0 Å². The van der Waals surface area contributed by atoms with Gasteiger partial charge in [-0.05, 0) is 68.9 Å². The molecule has 1 heterocycles. The van der Waals surface area contributed by atoms with E-state index in [2.05, 4.69) is 5.32 Å². The molecule has 0 spiro atoms. The number of Topliss-reactive ketones (excluding diaryl/α,β-unsaturated/α-hetero) is 1. The summed E-state index contributed by atoms with van der Waals surface area (Å²) in [4.78, 5) is 50.8. The van der Waals surface area contributed by atoms with Crippen LogP contribution in [0.4, 0.5) is 18.0 Å². The summed E-state index contributed by atoms with van der Waals surface area (Å²) in [5, 5.41) is 11.6. The first-order valence-corrected chi connectivity index (χ1v) is 12.8. The lowest BCUT2D eigenvalue weighted by Gasteiger charge is -2.33. The minimum atomic E-state index is -1.62. The Morgan fingerprint density at radius 2 is 1.79 bits per heavy atom. The van der Waals surface area contributed by atoms with Gasteiger partial charge in [0.25, 0.3) is 0 Å². The molecule has 0 unspecified atom stereocenters. The third-order valence-corrected chi connectivity index (χ3v) is 7.79. The van der Waals surface area contributed by atoms with Gasteiger partial charge in [0.1, 0.15) is 18.8 Å².